The second kappa shape index (κ2) is 10.6. The minimum absolute atomic E-state index is 0.203. The Morgan fingerprint density at radius 3 is 1.60 bits per heavy atom. The maximum absolute atomic E-state index is 12.9. The van der Waals surface area contributed by atoms with Crippen molar-refractivity contribution in [3.05, 3.63) is 89.5 Å². The molecule has 2 aromatic carbocycles. The van der Waals surface area contributed by atoms with Gasteiger partial charge in [0.25, 0.3) is 11.8 Å². The number of nitrogens with zero attached hydrogens (tertiary/aromatic N) is 5. The van der Waals surface area contributed by atoms with Gasteiger partial charge in [-0.1, -0.05) is 0 Å². The number of pyridine rings is 3. The molecule has 5 rings (SSSR count). The van der Waals surface area contributed by atoms with Gasteiger partial charge in [0.15, 0.2) is 0 Å². The smallest absolute Gasteiger partial charge is 0.274 e. The predicted octanol–water partition coefficient (Wildman–Crippen LogP) is 5.43. The van der Waals surface area contributed by atoms with Crippen LogP contribution < -0.4 is 20.4 Å². The fraction of sp³-hybridized carbons (Fsp3) is 0.194. The molecule has 3 aromatic heterocycles. The Bertz CT molecular complexity index is 1630. The van der Waals surface area contributed by atoms with Crippen molar-refractivity contribution in [3.63, 3.8) is 0 Å². The van der Waals surface area contributed by atoms with Crippen molar-refractivity contribution in [3.8, 4) is 0 Å². The molecule has 5 aromatic rings. The molecule has 2 N–H and O–H groups in total. The highest BCUT2D eigenvalue weighted by atomic mass is 16.2. The second-order valence-electron chi connectivity index (χ2n) is 10.2. The summed E-state index contributed by atoms with van der Waals surface area (Å²) in [6, 6.07) is 18.4. The predicted molar refractivity (Wildman–Crippen MR) is 162 cm³/mol. The third-order valence-corrected chi connectivity index (χ3v) is 6.57. The molecular weight excluding hydrogens is 502 g/mol. The summed E-state index contributed by atoms with van der Waals surface area (Å²) in [6.45, 7) is 3.92. The van der Waals surface area contributed by atoms with Gasteiger partial charge in [0.2, 0.25) is 0 Å². The van der Waals surface area contributed by atoms with E-state index in [0.29, 0.717) is 16.9 Å². The van der Waals surface area contributed by atoms with Gasteiger partial charge in [0.1, 0.15) is 5.69 Å². The minimum atomic E-state index is -0.369. The van der Waals surface area contributed by atoms with Crippen LogP contribution in [0.4, 0.5) is 22.7 Å². The molecule has 0 aliphatic rings. The molecule has 0 unspecified atom stereocenters. The number of aryl methyl sites for hydroxylation is 2. The number of carbonyl (C=O) groups is 2. The summed E-state index contributed by atoms with van der Waals surface area (Å²) in [5.41, 5.74) is 7.42. The van der Waals surface area contributed by atoms with Gasteiger partial charge in [-0.3, -0.25) is 24.5 Å². The van der Waals surface area contributed by atoms with Gasteiger partial charge in [-0.15, -0.1) is 0 Å². The fourth-order valence-corrected chi connectivity index (χ4v) is 4.63. The number of amides is 2. The van der Waals surface area contributed by atoms with Gasteiger partial charge in [0, 0.05) is 79.3 Å². The number of aromatic nitrogens is 3. The van der Waals surface area contributed by atoms with E-state index >= 15 is 0 Å². The van der Waals surface area contributed by atoms with Crippen molar-refractivity contribution in [1.29, 1.82) is 0 Å². The highest BCUT2D eigenvalue weighted by Gasteiger charge is 2.14. The van der Waals surface area contributed by atoms with Gasteiger partial charge in [-0.2, -0.15) is 0 Å². The summed E-state index contributed by atoms with van der Waals surface area (Å²) in [5.74, 6) is -0.690. The highest BCUT2D eigenvalue weighted by Crippen LogP contribution is 2.29. The van der Waals surface area contributed by atoms with E-state index in [1.54, 1.807) is 12.1 Å². The molecule has 0 atom stereocenters. The molecule has 0 aliphatic carbocycles. The van der Waals surface area contributed by atoms with Gasteiger partial charge >= 0.3 is 0 Å². The first-order valence-electron chi connectivity index (χ1n) is 12.9. The summed E-state index contributed by atoms with van der Waals surface area (Å²) < 4.78 is 0. The number of rotatable bonds is 6. The molecule has 0 saturated heterocycles. The van der Waals surface area contributed by atoms with Crippen molar-refractivity contribution in [2.24, 2.45) is 0 Å². The molecule has 0 fully saturated rings. The first-order chi connectivity index (χ1) is 19.1. The Labute approximate surface area is 232 Å². The maximum Gasteiger partial charge on any atom is 0.274 e. The van der Waals surface area contributed by atoms with Crippen molar-refractivity contribution >= 4 is 56.4 Å². The molecule has 0 bridgehead atoms. The molecular formula is C31H31N7O2. The van der Waals surface area contributed by atoms with Crippen LogP contribution in [0.5, 0.6) is 0 Å². The minimum Gasteiger partial charge on any atom is -0.377 e. The largest absolute Gasteiger partial charge is 0.377 e. The van der Waals surface area contributed by atoms with Crippen molar-refractivity contribution < 1.29 is 9.59 Å². The van der Waals surface area contributed by atoms with E-state index < -0.39 is 0 Å². The lowest BCUT2D eigenvalue weighted by Crippen LogP contribution is -2.16. The van der Waals surface area contributed by atoms with E-state index in [1.165, 1.54) is 6.20 Å². The first kappa shape index (κ1) is 26.6. The molecule has 0 aliphatic heterocycles. The van der Waals surface area contributed by atoms with Gasteiger partial charge in [-0.05, 0) is 74.5 Å². The summed E-state index contributed by atoms with van der Waals surface area (Å²) >= 11 is 0. The molecule has 3 heterocycles. The van der Waals surface area contributed by atoms with Gasteiger partial charge in [-0.25, -0.2) is 0 Å². The van der Waals surface area contributed by atoms with E-state index in [-0.39, 0.29) is 17.5 Å². The SMILES string of the molecule is Cc1cc(N(C)C)c2cc(NC(=O)c3ccc(C(=O)Nc4ccc5nc(C)cc(N(C)C)c5c4)nc3)ccc2n1. The number of carbonyl (C=O) groups excluding carboxylic acids is 2. The maximum atomic E-state index is 12.9. The first-order valence-corrected chi connectivity index (χ1v) is 12.9. The summed E-state index contributed by atoms with van der Waals surface area (Å²) in [5, 5.41) is 7.69. The number of hydrogen-bond acceptors (Lipinski definition) is 7. The molecule has 40 heavy (non-hydrogen) atoms. The van der Waals surface area contributed by atoms with Crippen LogP contribution >= 0.6 is 0 Å². The summed E-state index contributed by atoms with van der Waals surface area (Å²) in [6.07, 6.45) is 1.40. The van der Waals surface area contributed by atoms with E-state index in [0.717, 1.165) is 44.6 Å². The Kier molecular flexibility index (Phi) is 7.04. The van der Waals surface area contributed by atoms with Crippen LogP contribution in [0, 0.1) is 13.8 Å². The van der Waals surface area contributed by atoms with Crippen LogP contribution in [0.3, 0.4) is 0 Å². The molecule has 9 heteroatoms. The fourth-order valence-electron chi connectivity index (χ4n) is 4.63. The van der Waals surface area contributed by atoms with Crippen LogP contribution in [0.1, 0.15) is 32.2 Å². The average Bonchev–Trinajstić information content (AvgIpc) is 2.92. The van der Waals surface area contributed by atoms with E-state index in [4.69, 9.17) is 0 Å². The van der Waals surface area contributed by atoms with Crippen LogP contribution in [-0.2, 0) is 0 Å². The molecule has 0 spiro atoms. The number of benzene rings is 2. The van der Waals surface area contributed by atoms with Crippen LogP contribution in [0.15, 0.2) is 66.9 Å². The zero-order valence-electron chi connectivity index (χ0n) is 23.4. The van der Waals surface area contributed by atoms with Crippen LogP contribution in [-0.4, -0.2) is 55.0 Å². The third-order valence-electron chi connectivity index (χ3n) is 6.57. The monoisotopic (exact) mass is 533 g/mol. The van der Waals surface area contributed by atoms with Gasteiger partial charge in [0.05, 0.1) is 16.6 Å². The van der Waals surface area contributed by atoms with E-state index in [9.17, 15) is 9.59 Å². The molecule has 2 amide bonds. The molecule has 202 valence electrons. The quantitative estimate of drug-likeness (QED) is 0.300. The number of anilines is 4. The third kappa shape index (κ3) is 5.40. The summed E-state index contributed by atoms with van der Waals surface area (Å²) in [4.78, 5) is 43.3. The van der Waals surface area contributed by atoms with Crippen LogP contribution in [0.25, 0.3) is 21.8 Å². The zero-order valence-corrected chi connectivity index (χ0v) is 23.4. The molecule has 0 saturated carbocycles. The average molecular weight is 534 g/mol. The van der Waals surface area contributed by atoms with Crippen molar-refractivity contribution in [2.75, 3.05) is 48.6 Å². The Hall–Kier alpha value is -5.05. The Morgan fingerprint density at radius 2 is 1.15 bits per heavy atom. The van der Waals surface area contributed by atoms with E-state index in [2.05, 4.69) is 25.6 Å². The zero-order chi connectivity index (χ0) is 28.6. The normalized spacial score (nSPS) is 10.9. The lowest BCUT2D eigenvalue weighted by molar-refractivity contribution is 0.101. The number of fused-ring (bicyclic) bond motifs is 2. The second-order valence-corrected chi connectivity index (χ2v) is 10.2. The van der Waals surface area contributed by atoms with Crippen LogP contribution in [0.2, 0.25) is 0 Å². The number of hydrogen-bond donors (Lipinski definition) is 2. The standard InChI is InChI=1S/C31H31N7O2/c1-18-13-28(37(3)4)23-15-21(8-11-25(23)33-18)35-30(39)20-7-10-27(32-17-20)31(40)36-22-9-12-26-24(16-22)29(38(5)6)14-19(2)34-26/h7-17H,1-6H3,(H,35,39)(H,36,40). The van der Waals surface area contributed by atoms with E-state index in [1.807, 2.05) is 100 Å². The Morgan fingerprint density at radius 1 is 0.650 bits per heavy atom. The molecule has 0 radical (unpaired) electrons. The number of nitrogens with one attached hydrogen (secondary N) is 2. The topological polar surface area (TPSA) is 103 Å². The summed E-state index contributed by atoms with van der Waals surface area (Å²) in [7, 11) is 7.89. The van der Waals surface area contributed by atoms with Crippen molar-refractivity contribution in [2.45, 2.75) is 13.8 Å². The van der Waals surface area contributed by atoms with Gasteiger partial charge < -0.3 is 20.4 Å². The molecule has 9 nitrogen and oxygen atoms in total. The van der Waals surface area contributed by atoms with Crippen molar-refractivity contribution in [1.82, 2.24) is 15.0 Å². The Balaban J connectivity index is 1.31. The lowest BCUT2D eigenvalue weighted by Gasteiger charge is -2.17. The highest BCUT2D eigenvalue weighted by molar-refractivity contribution is 6.07. The lowest BCUT2D eigenvalue weighted by atomic mass is 10.1.